The Morgan fingerprint density at radius 1 is 1.40 bits per heavy atom. The van der Waals surface area contributed by atoms with Gasteiger partial charge in [0, 0.05) is 5.38 Å². The van der Waals surface area contributed by atoms with E-state index in [-0.39, 0.29) is 0 Å². The third kappa shape index (κ3) is 2.18. The average Bonchev–Trinajstić information content (AvgIpc) is 2.73. The zero-order valence-electron chi connectivity index (χ0n) is 8.78. The van der Waals surface area contributed by atoms with Gasteiger partial charge < -0.3 is 5.73 Å². The highest BCUT2D eigenvalue weighted by molar-refractivity contribution is 7.19. The number of nitrogens with two attached hydrogens (primary N) is 1. The molecule has 0 atom stereocenters. The molecule has 0 spiro atoms. The molecule has 5 heteroatoms. The summed E-state index contributed by atoms with van der Waals surface area (Å²) in [4.78, 5) is 9.88. The molecule has 2 aromatic heterocycles. The Labute approximate surface area is 97.0 Å². The fourth-order valence-corrected chi connectivity index (χ4v) is 3.16. The predicted octanol–water partition coefficient (Wildman–Crippen LogP) is 3.11. The summed E-state index contributed by atoms with van der Waals surface area (Å²) in [6.07, 6.45) is 2.19. The molecule has 0 saturated carbocycles. The van der Waals surface area contributed by atoms with Crippen LogP contribution < -0.4 is 5.73 Å². The highest BCUT2D eigenvalue weighted by Crippen LogP contribution is 2.32. The largest absolute Gasteiger partial charge is 0.375 e. The van der Waals surface area contributed by atoms with Crippen LogP contribution in [0, 0.1) is 6.92 Å². The zero-order chi connectivity index (χ0) is 10.8. The molecule has 0 aliphatic carbocycles. The molecular weight excluding hydrogens is 226 g/mol. The highest BCUT2D eigenvalue weighted by Gasteiger charge is 2.11. The maximum absolute atomic E-state index is 5.67. The van der Waals surface area contributed by atoms with Gasteiger partial charge >= 0.3 is 0 Å². The standard InChI is InChI=1S/C10H13N3S2/c1-3-4-8-13-7(5-14-8)9-6(2)12-10(11)15-9/h5H,3-4H2,1-2H3,(H2,11,12). The van der Waals surface area contributed by atoms with Crippen molar-refractivity contribution in [2.24, 2.45) is 0 Å². The van der Waals surface area contributed by atoms with Crippen molar-refractivity contribution in [3.05, 3.63) is 16.1 Å². The van der Waals surface area contributed by atoms with Crippen LogP contribution in [-0.2, 0) is 6.42 Å². The molecule has 0 aliphatic rings. The van der Waals surface area contributed by atoms with Gasteiger partial charge in [0.15, 0.2) is 5.13 Å². The summed E-state index contributed by atoms with van der Waals surface area (Å²) >= 11 is 3.22. The Morgan fingerprint density at radius 3 is 2.80 bits per heavy atom. The lowest BCUT2D eigenvalue weighted by Crippen LogP contribution is -1.82. The SMILES string of the molecule is CCCc1nc(-c2sc(N)nc2C)cs1. The Balaban J connectivity index is 2.32. The van der Waals surface area contributed by atoms with Gasteiger partial charge in [-0.25, -0.2) is 9.97 Å². The number of aryl methyl sites for hydroxylation is 2. The van der Waals surface area contributed by atoms with Gasteiger partial charge in [-0.15, -0.1) is 11.3 Å². The number of nitrogen functional groups attached to an aromatic ring is 1. The molecule has 15 heavy (non-hydrogen) atoms. The van der Waals surface area contributed by atoms with Gasteiger partial charge in [-0.1, -0.05) is 18.3 Å². The van der Waals surface area contributed by atoms with Gasteiger partial charge in [0.25, 0.3) is 0 Å². The van der Waals surface area contributed by atoms with E-state index in [2.05, 4.69) is 22.3 Å². The van der Waals surface area contributed by atoms with E-state index >= 15 is 0 Å². The molecule has 2 heterocycles. The summed E-state index contributed by atoms with van der Waals surface area (Å²) in [6, 6.07) is 0. The molecule has 80 valence electrons. The second-order valence-corrected chi connectivity index (χ2v) is 5.32. The normalized spacial score (nSPS) is 10.8. The molecule has 0 radical (unpaired) electrons. The van der Waals surface area contributed by atoms with Crippen LogP contribution in [0.4, 0.5) is 5.13 Å². The maximum atomic E-state index is 5.67. The first-order chi connectivity index (χ1) is 7.20. The van der Waals surface area contributed by atoms with E-state index in [1.807, 2.05) is 6.92 Å². The minimum absolute atomic E-state index is 0.618. The van der Waals surface area contributed by atoms with Crippen LogP contribution in [0.1, 0.15) is 24.0 Å². The Bertz CT molecular complexity index is 459. The summed E-state index contributed by atoms with van der Waals surface area (Å²) in [5.41, 5.74) is 7.67. The maximum Gasteiger partial charge on any atom is 0.180 e. The lowest BCUT2D eigenvalue weighted by Gasteiger charge is -1.91. The number of rotatable bonds is 3. The predicted molar refractivity (Wildman–Crippen MR) is 66.4 cm³/mol. The lowest BCUT2D eigenvalue weighted by atomic mass is 10.3. The van der Waals surface area contributed by atoms with Crippen molar-refractivity contribution in [2.75, 3.05) is 5.73 Å². The van der Waals surface area contributed by atoms with Crippen molar-refractivity contribution < 1.29 is 0 Å². The highest BCUT2D eigenvalue weighted by atomic mass is 32.1. The van der Waals surface area contributed by atoms with Crippen LogP contribution in [0.25, 0.3) is 10.6 Å². The molecule has 0 amide bonds. The fourth-order valence-electron chi connectivity index (χ4n) is 1.40. The van der Waals surface area contributed by atoms with Crippen LogP contribution in [0.15, 0.2) is 5.38 Å². The third-order valence-electron chi connectivity index (χ3n) is 2.06. The molecule has 0 aromatic carbocycles. The molecule has 2 aromatic rings. The van der Waals surface area contributed by atoms with Crippen molar-refractivity contribution in [3.63, 3.8) is 0 Å². The summed E-state index contributed by atoms with van der Waals surface area (Å²) < 4.78 is 0. The lowest BCUT2D eigenvalue weighted by molar-refractivity contribution is 0.910. The van der Waals surface area contributed by atoms with E-state index in [9.17, 15) is 0 Å². The van der Waals surface area contributed by atoms with E-state index in [0.29, 0.717) is 5.13 Å². The quantitative estimate of drug-likeness (QED) is 0.895. The molecule has 0 bridgehead atoms. The van der Waals surface area contributed by atoms with E-state index in [0.717, 1.165) is 29.1 Å². The average molecular weight is 239 g/mol. The molecule has 3 nitrogen and oxygen atoms in total. The number of nitrogens with zero attached hydrogens (tertiary/aromatic N) is 2. The zero-order valence-corrected chi connectivity index (χ0v) is 10.4. The van der Waals surface area contributed by atoms with Gasteiger partial charge in [0.2, 0.25) is 0 Å². The molecule has 2 N–H and O–H groups in total. The van der Waals surface area contributed by atoms with Gasteiger partial charge in [-0.2, -0.15) is 0 Å². The van der Waals surface area contributed by atoms with Crippen molar-refractivity contribution in [2.45, 2.75) is 26.7 Å². The van der Waals surface area contributed by atoms with E-state index in [4.69, 9.17) is 5.73 Å². The van der Waals surface area contributed by atoms with Gasteiger partial charge in [0.05, 0.1) is 21.3 Å². The number of aromatic nitrogens is 2. The number of thiazole rings is 2. The number of hydrogen-bond donors (Lipinski definition) is 1. The Kier molecular flexibility index (Phi) is 3.02. The van der Waals surface area contributed by atoms with Crippen molar-refractivity contribution in [1.29, 1.82) is 0 Å². The van der Waals surface area contributed by atoms with Crippen LogP contribution in [-0.4, -0.2) is 9.97 Å². The minimum atomic E-state index is 0.618. The van der Waals surface area contributed by atoms with E-state index in [1.54, 1.807) is 11.3 Å². The molecule has 0 saturated heterocycles. The van der Waals surface area contributed by atoms with Crippen molar-refractivity contribution in [1.82, 2.24) is 9.97 Å². The number of hydrogen-bond acceptors (Lipinski definition) is 5. The first kappa shape index (κ1) is 10.6. The van der Waals surface area contributed by atoms with Gasteiger partial charge in [0.1, 0.15) is 0 Å². The summed E-state index contributed by atoms with van der Waals surface area (Å²) in [5.74, 6) is 0. The Hall–Kier alpha value is -0.940. The summed E-state index contributed by atoms with van der Waals surface area (Å²) in [5, 5.41) is 3.90. The van der Waals surface area contributed by atoms with Crippen LogP contribution in [0.3, 0.4) is 0 Å². The van der Waals surface area contributed by atoms with E-state index in [1.165, 1.54) is 16.3 Å². The number of anilines is 1. The van der Waals surface area contributed by atoms with Crippen LogP contribution in [0.2, 0.25) is 0 Å². The van der Waals surface area contributed by atoms with Gasteiger partial charge in [-0.3, -0.25) is 0 Å². The topological polar surface area (TPSA) is 51.8 Å². The molecule has 0 aliphatic heterocycles. The second-order valence-electron chi connectivity index (χ2n) is 3.34. The monoisotopic (exact) mass is 239 g/mol. The smallest absolute Gasteiger partial charge is 0.180 e. The molecule has 0 unspecified atom stereocenters. The van der Waals surface area contributed by atoms with Crippen LogP contribution >= 0.6 is 22.7 Å². The first-order valence-electron chi connectivity index (χ1n) is 4.88. The second kappa shape index (κ2) is 4.28. The molecule has 2 rings (SSSR count). The third-order valence-corrected chi connectivity index (χ3v) is 3.98. The van der Waals surface area contributed by atoms with Crippen molar-refractivity contribution >= 4 is 27.8 Å². The first-order valence-corrected chi connectivity index (χ1v) is 6.58. The summed E-state index contributed by atoms with van der Waals surface area (Å²) in [7, 11) is 0. The fraction of sp³-hybridized carbons (Fsp3) is 0.400. The minimum Gasteiger partial charge on any atom is -0.375 e. The Morgan fingerprint density at radius 2 is 2.20 bits per heavy atom. The van der Waals surface area contributed by atoms with Gasteiger partial charge in [-0.05, 0) is 19.8 Å². The van der Waals surface area contributed by atoms with Crippen LogP contribution in [0.5, 0.6) is 0 Å². The van der Waals surface area contributed by atoms with Crippen molar-refractivity contribution in [3.8, 4) is 10.6 Å². The van der Waals surface area contributed by atoms with E-state index < -0.39 is 0 Å². The summed E-state index contributed by atoms with van der Waals surface area (Å²) in [6.45, 7) is 4.14. The molecular formula is C10H13N3S2. The molecule has 0 fully saturated rings.